The van der Waals surface area contributed by atoms with E-state index < -0.39 is 45.4 Å². The van der Waals surface area contributed by atoms with Gasteiger partial charge in [-0.15, -0.1) is 0 Å². The van der Waals surface area contributed by atoms with Crippen LogP contribution in [0.5, 0.6) is 0 Å². The van der Waals surface area contributed by atoms with Crippen LogP contribution in [0.1, 0.15) is 119 Å². The number of hydrogen-bond acceptors (Lipinski definition) is 8. The molecular formula is C34H48ClN3O8S. The van der Waals surface area contributed by atoms with Crippen molar-refractivity contribution < 1.29 is 36.7 Å². The highest BCUT2D eigenvalue weighted by Gasteiger charge is 2.54. The fourth-order valence-electron chi connectivity index (χ4n) is 5.75. The molecule has 13 heteroatoms. The van der Waals surface area contributed by atoms with Gasteiger partial charge >= 0.3 is 6.09 Å². The van der Waals surface area contributed by atoms with E-state index in [9.17, 15) is 27.6 Å². The van der Waals surface area contributed by atoms with Crippen molar-refractivity contribution in [3.63, 3.8) is 0 Å². The van der Waals surface area contributed by atoms with Crippen LogP contribution < -0.4 is 10.0 Å². The van der Waals surface area contributed by atoms with Crippen molar-refractivity contribution in [1.29, 1.82) is 0 Å². The third-order valence-electron chi connectivity index (χ3n) is 8.34. The van der Waals surface area contributed by atoms with Crippen molar-refractivity contribution in [1.82, 2.24) is 9.62 Å². The van der Waals surface area contributed by atoms with E-state index in [1.807, 2.05) is 0 Å². The van der Waals surface area contributed by atoms with Gasteiger partial charge in [-0.2, -0.15) is 0 Å². The Morgan fingerprint density at radius 2 is 1.53 bits per heavy atom. The Labute approximate surface area is 283 Å². The van der Waals surface area contributed by atoms with Crippen LogP contribution in [0.15, 0.2) is 27.5 Å². The summed E-state index contributed by atoms with van der Waals surface area (Å²) in [5.41, 5.74) is -1.12. The molecule has 3 amide bonds. The summed E-state index contributed by atoms with van der Waals surface area (Å²) >= 11 is 6.35. The number of cyclic esters (lactones) is 1. The quantitative estimate of drug-likeness (QED) is 0.0886. The van der Waals surface area contributed by atoms with Crippen molar-refractivity contribution in [2.45, 2.75) is 129 Å². The van der Waals surface area contributed by atoms with Gasteiger partial charge in [-0.3, -0.25) is 14.4 Å². The van der Waals surface area contributed by atoms with Crippen molar-refractivity contribution in [3.8, 4) is 0 Å². The number of ketones is 1. The van der Waals surface area contributed by atoms with Crippen LogP contribution in [0.25, 0.3) is 0 Å². The molecule has 1 aliphatic heterocycles. The number of sulfonamides is 1. The molecule has 11 nitrogen and oxygen atoms in total. The molecule has 0 radical (unpaired) electrons. The third-order valence-corrected chi connectivity index (χ3v) is 10.1. The lowest BCUT2D eigenvalue weighted by atomic mass is 9.95. The second kappa shape index (κ2) is 16.7. The van der Waals surface area contributed by atoms with Crippen LogP contribution in [0, 0.1) is 13.8 Å². The summed E-state index contributed by atoms with van der Waals surface area (Å²) in [5, 5.41) is 2.46. The zero-order valence-electron chi connectivity index (χ0n) is 28.3. The highest BCUT2D eigenvalue weighted by Crippen LogP contribution is 2.32. The van der Waals surface area contributed by atoms with Gasteiger partial charge in [-0.25, -0.2) is 22.8 Å². The molecule has 1 aromatic carbocycles. The van der Waals surface area contributed by atoms with E-state index in [2.05, 4.69) is 17.0 Å². The summed E-state index contributed by atoms with van der Waals surface area (Å²) in [6, 6.07) is 1.79. The van der Waals surface area contributed by atoms with E-state index in [0.717, 1.165) is 19.3 Å². The molecule has 260 valence electrons. The predicted octanol–water partition coefficient (Wildman–Crippen LogP) is 7.26. The van der Waals surface area contributed by atoms with Crippen LogP contribution >= 0.6 is 11.6 Å². The number of amides is 3. The van der Waals surface area contributed by atoms with Gasteiger partial charge in [0.2, 0.25) is 10.0 Å². The zero-order chi connectivity index (χ0) is 34.9. The van der Waals surface area contributed by atoms with Gasteiger partial charge in [-0.05, 0) is 58.7 Å². The summed E-state index contributed by atoms with van der Waals surface area (Å²) in [6.45, 7) is 10.2. The smallest absolute Gasteiger partial charge is 0.418 e. The van der Waals surface area contributed by atoms with Crippen LogP contribution in [0.3, 0.4) is 0 Å². The van der Waals surface area contributed by atoms with Gasteiger partial charge in [0.05, 0.1) is 21.2 Å². The van der Waals surface area contributed by atoms with Crippen molar-refractivity contribution in [2.24, 2.45) is 0 Å². The molecule has 0 bridgehead atoms. The predicted molar refractivity (Wildman–Crippen MR) is 180 cm³/mol. The molecule has 2 aromatic rings. The molecule has 1 aliphatic rings. The number of Topliss-reactive ketones (excluding diaryl/α,β-unsaturated/α-hetero) is 1. The molecule has 47 heavy (non-hydrogen) atoms. The molecule has 0 saturated carbocycles. The lowest BCUT2D eigenvalue weighted by Crippen LogP contribution is -2.53. The number of anilines is 1. The molecule has 2 heterocycles. The first kappa shape index (κ1) is 38.2. The lowest BCUT2D eigenvalue weighted by molar-refractivity contribution is -0.137. The first-order valence-corrected chi connectivity index (χ1v) is 18.3. The Hall–Kier alpha value is -3.22. The second-order valence-corrected chi connectivity index (χ2v) is 14.6. The zero-order valence-corrected chi connectivity index (χ0v) is 29.9. The summed E-state index contributed by atoms with van der Waals surface area (Å²) in [5.74, 6) is -2.12. The molecular weight excluding hydrogens is 646 g/mol. The topological polar surface area (TPSA) is 152 Å². The fraction of sp³-hybridized carbons (Fsp3) is 0.588. The Morgan fingerprint density at radius 3 is 2.09 bits per heavy atom. The summed E-state index contributed by atoms with van der Waals surface area (Å²) in [7, 11) is -3.96. The summed E-state index contributed by atoms with van der Waals surface area (Å²) in [4.78, 5) is 54.3. The van der Waals surface area contributed by atoms with E-state index in [1.54, 1.807) is 20.8 Å². The first-order valence-electron chi connectivity index (χ1n) is 16.5. The van der Waals surface area contributed by atoms with Gasteiger partial charge in [-0.1, -0.05) is 83.2 Å². The summed E-state index contributed by atoms with van der Waals surface area (Å²) < 4.78 is 39.6. The number of unbranched alkanes of at least 4 members (excludes halogenated alkanes) is 9. The van der Waals surface area contributed by atoms with Crippen LogP contribution in [-0.4, -0.2) is 55.2 Å². The molecule has 1 fully saturated rings. The standard InChI is InChI=1S/C34H48ClN3O8S/c1-7-9-10-11-12-13-14-15-16-17-20-36-47(43,44)24-18-19-26(35)27(21-24)37-31(40)29(38-32(41)34(5,6)46-33(38)42)30(39)28-23(4)45-22(3)25(28)8-2/h18-19,21,29,36H,7-17,20H2,1-6H3,(H,37,40). The Balaban J connectivity index is 1.75. The number of carbonyl (C=O) groups is 4. The number of imide groups is 1. The maximum atomic E-state index is 14.0. The van der Waals surface area contributed by atoms with E-state index in [0.29, 0.717) is 29.1 Å². The minimum atomic E-state index is -3.96. The first-order chi connectivity index (χ1) is 22.2. The number of furan rings is 1. The average molecular weight is 694 g/mol. The molecule has 3 rings (SSSR count). The number of carbonyl (C=O) groups excluding carboxylic acids is 4. The van der Waals surface area contributed by atoms with Crippen molar-refractivity contribution in [3.05, 3.63) is 45.9 Å². The number of halogens is 1. The number of hydrogen-bond donors (Lipinski definition) is 2. The SMILES string of the molecule is CCCCCCCCCCCCNS(=O)(=O)c1ccc(Cl)c(NC(=O)C(C(=O)c2c(C)oc(C)c2CC)N2C(=O)OC(C)(C)C2=O)c1. The van der Waals surface area contributed by atoms with E-state index >= 15 is 0 Å². The second-order valence-electron chi connectivity index (χ2n) is 12.5. The number of ether oxygens (including phenoxy) is 1. The monoisotopic (exact) mass is 693 g/mol. The van der Waals surface area contributed by atoms with Crippen molar-refractivity contribution in [2.75, 3.05) is 11.9 Å². The van der Waals surface area contributed by atoms with Gasteiger partial charge in [0.25, 0.3) is 11.8 Å². The Bertz CT molecular complexity index is 1570. The maximum absolute atomic E-state index is 14.0. The maximum Gasteiger partial charge on any atom is 0.418 e. The summed E-state index contributed by atoms with van der Waals surface area (Å²) in [6.07, 6.45) is 10.4. The van der Waals surface area contributed by atoms with Gasteiger partial charge in [0, 0.05) is 12.1 Å². The number of rotatable bonds is 19. The van der Waals surface area contributed by atoms with Crippen LogP contribution in [0.2, 0.25) is 5.02 Å². The van der Waals surface area contributed by atoms with E-state index in [1.165, 1.54) is 70.6 Å². The van der Waals surface area contributed by atoms with E-state index in [-0.39, 0.29) is 33.5 Å². The van der Waals surface area contributed by atoms with Gasteiger partial charge < -0.3 is 14.5 Å². The molecule has 1 atom stereocenters. The van der Waals surface area contributed by atoms with Gasteiger partial charge in [0.15, 0.2) is 17.4 Å². The molecule has 1 aromatic heterocycles. The molecule has 0 spiro atoms. The molecule has 1 saturated heterocycles. The Morgan fingerprint density at radius 1 is 0.936 bits per heavy atom. The highest BCUT2D eigenvalue weighted by atomic mass is 35.5. The highest BCUT2D eigenvalue weighted by molar-refractivity contribution is 7.89. The minimum absolute atomic E-state index is 0.0153. The molecule has 1 unspecified atom stereocenters. The van der Waals surface area contributed by atoms with Gasteiger partial charge in [0.1, 0.15) is 11.5 Å². The van der Waals surface area contributed by atoms with Crippen LogP contribution in [0.4, 0.5) is 10.5 Å². The Kier molecular flexibility index (Phi) is 13.6. The average Bonchev–Trinajstić information content (AvgIpc) is 3.40. The molecule has 0 aliphatic carbocycles. The fourth-order valence-corrected chi connectivity index (χ4v) is 7.01. The van der Waals surface area contributed by atoms with E-state index in [4.69, 9.17) is 20.8 Å². The number of nitrogens with zero attached hydrogens (tertiary/aromatic N) is 1. The third kappa shape index (κ3) is 9.45. The largest absolute Gasteiger partial charge is 0.466 e. The van der Waals surface area contributed by atoms with Crippen LogP contribution in [-0.2, 0) is 30.8 Å². The number of nitrogens with one attached hydrogen (secondary N) is 2. The normalized spacial score (nSPS) is 15.2. The molecule has 2 N–H and O–H groups in total. The minimum Gasteiger partial charge on any atom is -0.466 e. The van der Waals surface area contributed by atoms with Crippen molar-refractivity contribution >= 4 is 51.0 Å². The number of benzene rings is 1. The number of aryl methyl sites for hydroxylation is 2. The lowest BCUT2D eigenvalue weighted by Gasteiger charge is -2.23.